The minimum absolute atomic E-state index is 0.0529. The molecule has 0 spiro atoms. The van der Waals surface area contributed by atoms with Crippen molar-refractivity contribution >= 4 is 34.1 Å². The van der Waals surface area contributed by atoms with E-state index in [-0.39, 0.29) is 11.7 Å². The van der Waals surface area contributed by atoms with E-state index in [0.29, 0.717) is 23.2 Å². The summed E-state index contributed by atoms with van der Waals surface area (Å²) in [6.45, 7) is 3.97. The molecule has 21 heavy (non-hydrogen) atoms. The Morgan fingerprint density at radius 1 is 1.43 bits per heavy atom. The number of carbonyl (C=O) groups is 1. The Balaban J connectivity index is 1.87. The van der Waals surface area contributed by atoms with Gasteiger partial charge in [0.15, 0.2) is 4.34 Å². The molecule has 1 amide bonds. The van der Waals surface area contributed by atoms with Gasteiger partial charge in [0, 0.05) is 12.2 Å². The van der Waals surface area contributed by atoms with E-state index in [9.17, 15) is 9.18 Å². The Labute approximate surface area is 131 Å². The van der Waals surface area contributed by atoms with Gasteiger partial charge in [-0.25, -0.2) is 4.39 Å². The fourth-order valence-electron chi connectivity index (χ4n) is 1.63. The van der Waals surface area contributed by atoms with Gasteiger partial charge >= 0.3 is 0 Å². The highest BCUT2D eigenvalue weighted by Gasteiger charge is 2.10. The summed E-state index contributed by atoms with van der Waals surface area (Å²) in [4.78, 5) is 11.6. The molecule has 0 radical (unpaired) electrons. The van der Waals surface area contributed by atoms with Gasteiger partial charge in [-0.05, 0) is 23.6 Å². The largest absolute Gasteiger partial charge is 0.300 e. The van der Waals surface area contributed by atoms with Crippen LogP contribution in [0.25, 0.3) is 0 Å². The van der Waals surface area contributed by atoms with Gasteiger partial charge in [-0.3, -0.25) is 4.79 Å². The smallest absolute Gasteiger partial charge is 0.226 e. The zero-order valence-corrected chi connectivity index (χ0v) is 13.4. The molecular formula is C14H16FN3OS2. The number of hydrogen-bond donors (Lipinski definition) is 1. The number of thioether (sulfide) groups is 1. The lowest BCUT2D eigenvalue weighted by molar-refractivity contribution is -0.116. The molecule has 0 atom stereocenters. The molecule has 0 bridgehead atoms. The highest BCUT2D eigenvalue weighted by Crippen LogP contribution is 2.28. The molecule has 1 N–H and O–H groups in total. The van der Waals surface area contributed by atoms with Crippen LogP contribution in [0.1, 0.15) is 25.8 Å². The molecule has 0 fully saturated rings. The number of aromatic nitrogens is 2. The third-order valence-corrected chi connectivity index (χ3v) is 4.54. The number of rotatable bonds is 6. The second-order valence-electron chi connectivity index (χ2n) is 4.94. The van der Waals surface area contributed by atoms with E-state index in [2.05, 4.69) is 15.5 Å². The number of hydrogen-bond acceptors (Lipinski definition) is 5. The molecule has 2 rings (SSSR count). The maximum absolute atomic E-state index is 13.1. The Kier molecular flexibility index (Phi) is 5.69. The van der Waals surface area contributed by atoms with Gasteiger partial charge in [-0.15, -0.1) is 10.2 Å². The molecule has 0 aliphatic heterocycles. The van der Waals surface area contributed by atoms with Gasteiger partial charge < -0.3 is 5.32 Å². The Morgan fingerprint density at radius 2 is 2.24 bits per heavy atom. The molecule has 1 aromatic carbocycles. The molecule has 7 heteroatoms. The third-order valence-electron chi connectivity index (χ3n) is 2.50. The van der Waals surface area contributed by atoms with E-state index in [1.807, 2.05) is 19.9 Å². The molecule has 4 nitrogen and oxygen atoms in total. The van der Waals surface area contributed by atoms with Crippen LogP contribution in [0, 0.1) is 11.7 Å². The first-order chi connectivity index (χ1) is 10.0. The zero-order valence-electron chi connectivity index (χ0n) is 11.8. The summed E-state index contributed by atoms with van der Waals surface area (Å²) in [5, 5.41) is 11.2. The van der Waals surface area contributed by atoms with Gasteiger partial charge in [0.2, 0.25) is 11.0 Å². The van der Waals surface area contributed by atoms with E-state index >= 15 is 0 Å². The summed E-state index contributed by atoms with van der Waals surface area (Å²) in [5.74, 6) is 0.626. The van der Waals surface area contributed by atoms with Crippen LogP contribution in [0.2, 0.25) is 0 Å². The monoisotopic (exact) mass is 325 g/mol. The van der Waals surface area contributed by atoms with Gasteiger partial charge in [0.1, 0.15) is 5.82 Å². The second-order valence-corrected chi connectivity index (χ2v) is 7.14. The van der Waals surface area contributed by atoms with E-state index in [4.69, 9.17) is 0 Å². The van der Waals surface area contributed by atoms with Crippen molar-refractivity contribution in [3.05, 3.63) is 35.6 Å². The van der Waals surface area contributed by atoms with Crippen LogP contribution in [0.4, 0.5) is 9.52 Å². The van der Waals surface area contributed by atoms with Gasteiger partial charge in [-0.2, -0.15) is 0 Å². The van der Waals surface area contributed by atoms with Crippen molar-refractivity contribution in [3.63, 3.8) is 0 Å². The average molecular weight is 325 g/mol. The normalized spacial score (nSPS) is 10.9. The number of nitrogens with one attached hydrogen (secondary N) is 1. The van der Waals surface area contributed by atoms with Crippen molar-refractivity contribution in [1.82, 2.24) is 10.2 Å². The van der Waals surface area contributed by atoms with Crippen LogP contribution in [0.5, 0.6) is 0 Å². The Bertz CT molecular complexity index is 616. The number of benzene rings is 1. The molecule has 1 aromatic heterocycles. The first-order valence-electron chi connectivity index (χ1n) is 6.53. The van der Waals surface area contributed by atoms with E-state index in [1.54, 1.807) is 6.07 Å². The van der Waals surface area contributed by atoms with Crippen molar-refractivity contribution in [2.24, 2.45) is 5.92 Å². The maximum Gasteiger partial charge on any atom is 0.226 e. The predicted molar refractivity (Wildman–Crippen MR) is 84.0 cm³/mol. The molecule has 0 aliphatic carbocycles. The number of carbonyl (C=O) groups excluding carboxylic acids is 1. The van der Waals surface area contributed by atoms with Crippen molar-refractivity contribution in [1.29, 1.82) is 0 Å². The van der Waals surface area contributed by atoms with Crippen LogP contribution in [0.15, 0.2) is 28.6 Å². The summed E-state index contributed by atoms with van der Waals surface area (Å²) in [7, 11) is 0. The summed E-state index contributed by atoms with van der Waals surface area (Å²) in [6.07, 6.45) is 0.464. The lowest BCUT2D eigenvalue weighted by Gasteiger charge is -2.02. The van der Waals surface area contributed by atoms with E-state index in [0.717, 1.165) is 9.90 Å². The number of halogens is 1. The SMILES string of the molecule is CC(C)CC(=O)Nc1nnc(SCc2cccc(F)c2)s1. The number of anilines is 1. The van der Waals surface area contributed by atoms with E-state index in [1.165, 1.54) is 35.2 Å². The molecule has 0 unspecified atom stereocenters. The van der Waals surface area contributed by atoms with Crippen molar-refractivity contribution in [2.45, 2.75) is 30.4 Å². The van der Waals surface area contributed by atoms with Crippen molar-refractivity contribution in [2.75, 3.05) is 5.32 Å². The fourth-order valence-corrected chi connectivity index (χ4v) is 3.34. The molecule has 1 heterocycles. The Morgan fingerprint density at radius 3 is 2.95 bits per heavy atom. The zero-order chi connectivity index (χ0) is 15.2. The standard InChI is InChI=1S/C14H16FN3OS2/c1-9(2)6-12(19)16-13-17-18-14(21-13)20-8-10-4-3-5-11(15)7-10/h3-5,7,9H,6,8H2,1-2H3,(H,16,17,19). The van der Waals surface area contributed by atoms with Crippen LogP contribution < -0.4 is 5.32 Å². The minimum atomic E-state index is -0.244. The molecule has 112 valence electrons. The first-order valence-corrected chi connectivity index (χ1v) is 8.33. The van der Waals surface area contributed by atoms with Crippen LogP contribution in [-0.4, -0.2) is 16.1 Å². The minimum Gasteiger partial charge on any atom is -0.300 e. The number of amides is 1. The summed E-state index contributed by atoms with van der Waals surface area (Å²) >= 11 is 2.80. The highest BCUT2D eigenvalue weighted by molar-refractivity contribution is 8.00. The van der Waals surface area contributed by atoms with E-state index < -0.39 is 0 Å². The van der Waals surface area contributed by atoms with Crippen LogP contribution in [-0.2, 0) is 10.5 Å². The Hall–Kier alpha value is -1.47. The highest BCUT2D eigenvalue weighted by atomic mass is 32.2. The summed E-state index contributed by atoms with van der Waals surface area (Å²) in [6, 6.07) is 6.46. The molecule has 2 aromatic rings. The quantitative estimate of drug-likeness (QED) is 0.645. The molecular weight excluding hydrogens is 309 g/mol. The van der Waals surface area contributed by atoms with Gasteiger partial charge in [-0.1, -0.05) is 49.1 Å². The van der Waals surface area contributed by atoms with Crippen molar-refractivity contribution in [3.8, 4) is 0 Å². The first kappa shape index (κ1) is 15.9. The van der Waals surface area contributed by atoms with Gasteiger partial charge in [0.25, 0.3) is 0 Å². The number of nitrogens with zero attached hydrogens (tertiary/aromatic N) is 2. The molecule has 0 saturated heterocycles. The predicted octanol–water partition coefficient (Wildman–Crippen LogP) is 3.95. The topological polar surface area (TPSA) is 54.9 Å². The lowest BCUT2D eigenvalue weighted by Crippen LogP contribution is -2.13. The average Bonchev–Trinajstić information content (AvgIpc) is 2.83. The second kappa shape index (κ2) is 7.51. The fraction of sp³-hybridized carbons (Fsp3) is 0.357. The lowest BCUT2D eigenvalue weighted by atomic mass is 10.1. The van der Waals surface area contributed by atoms with Crippen LogP contribution >= 0.6 is 23.1 Å². The van der Waals surface area contributed by atoms with Crippen molar-refractivity contribution < 1.29 is 9.18 Å². The van der Waals surface area contributed by atoms with Gasteiger partial charge in [0.05, 0.1) is 0 Å². The maximum atomic E-state index is 13.1. The summed E-state index contributed by atoms with van der Waals surface area (Å²) in [5.41, 5.74) is 0.889. The molecule has 0 saturated carbocycles. The third kappa shape index (κ3) is 5.43. The summed E-state index contributed by atoms with van der Waals surface area (Å²) < 4.78 is 13.8. The van der Waals surface area contributed by atoms with Crippen LogP contribution in [0.3, 0.4) is 0 Å². The molecule has 0 aliphatic rings.